The molecule has 0 radical (unpaired) electrons. The van der Waals surface area contributed by atoms with E-state index in [1.165, 1.54) is 5.56 Å². The van der Waals surface area contributed by atoms with Crippen LogP contribution in [0.1, 0.15) is 5.56 Å². The lowest BCUT2D eigenvalue weighted by molar-refractivity contribution is 0.0342. The summed E-state index contributed by atoms with van der Waals surface area (Å²) in [7, 11) is 0. The Hall–Kier alpha value is -1.19. The summed E-state index contributed by atoms with van der Waals surface area (Å²) in [6.07, 6.45) is 1.56. The Bertz CT molecular complexity index is 399. The monoisotopic (exact) mass is 254 g/mol. The molecule has 1 aliphatic rings. The molecule has 1 aliphatic heterocycles. The molecular formula is C12H15ClN2O2. The van der Waals surface area contributed by atoms with Gasteiger partial charge in [0.25, 0.3) is 0 Å². The van der Waals surface area contributed by atoms with Crippen molar-refractivity contribution < 1.29 is 9.53 Å². The van der Waals surface area contributed by atoms with Crippen molar-refractivity contribution in [2.45, 2.75) is 6.54 Å². The van der Waals surface area contributed by atoms with Crippen molar-refractivity contribution in [2.24, 2.45) is 4.99 Å². The largest absolute Gasteiger partial charge is 0.379 e. The number of hydrogen-bond donors (Lipinski definition) is 0. The molecule has 0 bridgehead atoms. The van der Waals surface area contributed by atoms with E-state index in [0.717, 1.165) is 32.8 Å². The second kappa shape index (κ2) is 7.20. The van der Waals surface area contributed by atoms with E-state index < -0.39 is 0 Å². The number of morpholine rings is 1. The molecule has 1 heterocycles. The summed E-state index contributed by atoms with van der Waals surface area (Å²) in [6.45, 7) is 4.40. The third kappa shape index (κ3) is 4.29. The van der Waals surface area contributed by atoms with Gasteiger partial charge in [-0.05, 0) is 17.7 Å². The Morgan fingerprint density at radius 1 is 1.35 bits per heavy atom. The zero-order valence-electron chi connectivity index (χ0n) is 9.46. The van der Waals surface area contributed by atoms with Crippen molar-refractivity contribution in [3.8, 4) is 0 Å². The highest BCUT2D eigenvalue weighted by Crippen LogP contribution is 2.15. The van der Waals surface area contributed by atoms with E-state index in [2.05, 4.69) is 9.89 Å². The first kappa shape index (κ1) is 13.9. The van der Waals surface area contributed by atoms with Crippen LogP contribution in [0.2, 0.25) is 0 Å². The lowest BCUT2D eigenvalue weighted by Crippen LogP contribution is -2.35. The fourth-order valence-electron chi connectivity index (χ4n) is 1.79. The van der Waals surface area contributed by atoms with Gasteiger partial charge in [-0.25, -0.2) is 4.79 Å². The van der Waals surface area contributed by atoms with Crippen molar-refractivity contribution in [2.75, 3.05) is 26.3 Å². The average Bonchev–Trinajstić information content (AvgIpc) is 2.31. The molecule has 17 heavy (non-hydrogen) atoms. The van der Waals surface area contributed by atoms with Gasteiger partial charge in [0.2, 0.25) is 6.08 Å². The van der Waals surface area contributed by atoms with E-state index in [1.807, 2.05) is 18.2 Å². The Kier molecular flexibility index (Phi) is 5.87. The minimum absolute atomic E-state index is 0. The molecule has 4 nitrogen and oxygen atoms in total. The van der Waals surface area contributed by atoms with Crippen molar-refractivity contribution in [3.63, 3.8) is 0 Å². The average molecular weight is 255 g/mol. The first-order chi connectivity index (χ1) is 7.88. The maximum Gasteiger partial charge on any atom is 0.240 e. The second-order valence-electron chi connectivity index (χ2n) is 3.76. The van der Waals surface area contributed by atoms with Gasteiger partial charge in [0.1, 0.15) is 0 Å². The molecule has 92 valence electrons. The van der Waals surface area contributed by atoms with E-state index in [-0.39, 0.29) is 12.4 Å². The molecule has 0 aliphatic carbocycles. The lowest BCUT2D eigenvalue weighted by atomic mass is 10.2. The molecule has 0 amide bonds. The number of rotatable bonds is 3. The van der Waals surface area contributed by atoms with Crippen LogP contribution in [0.3, 0.4) is 0 Å². The first-order valence-corrected chi connectivity index (χ1v) is 5.35. The topological polar surface area (TPSA) is 41.9 Å². The van der Waals surface area contributed by atoms with Gasteiger partial charge in [-0.3, -0.25) is 4.90 Å². The number of nitrogens with zero attached hydrogens (tertiary/aromatic N) is 2. The van der Waals surface area contributed by atoms with E-state index in [4.69, 9.17) is 4.74 Å². The molecule has 2 rings (SSSR count). The smallest absolute Gasteiger partial charge is 0.240 e. The highest BCUT2D eigenvalue weighted by atomic mass is 35.5. The van der Waals surface area contributed by atoms with Gasteiger partial charge in [0.05, 0.1) is 18.9 Å². The molecule has 1 fully saturated rings. The summed E-state index contributed by atoms with van der Waals surface area (Å²) in [6, 6.07) is 7.67. The van der Waals surface area contributed by atoms with Gasteiger partial charge < -0.3 is 4.74 Å². The molecule has 5 heteroatoms. The van der Waals surface area contributed by atoms with E-state index in [1.54, 1.807) is 12.1 Å². The number of carbonyl (C=O) groups excluding carboxylic acids is 1. The molecule has 0 atom stereocenters. The number of aliphatic imine (C=N–C) groups is 1. The summed E-state index contributed by atoms with van der Waals surface area (Å²) in [5, 5.41) is 0. The van der Waals surface area contributed by atoms with Crippen LogP contribution in [-0.2, 0) is 16.1 Å². The van der Waals surface area contributed by atoms with E-state index >= 15 is 0 Å². The molecule has 1 aromatic carbocycles. The van der Waals surface area contributed by atoms with E-state index in [9.17, 15) is 4.79 Å². The summed E-state index contributed by atoms with van der Waals surface area (Å²) in [5.74, 6) is 0. The van der Waals surface area contributed by atoms with Crippen LogP contribution in [0, 0.1) is 0 Å². The standard InChI is InChI=1S/C12H14N2O2.ClH/c15-10-13-12-3-1-2-11(8-12)9-14-4-6-16-7-5-14;/h1-3,8H,4-7,9H2;1H. The lowest BCUT2D eigenvalue weighted by Gasteiger charge is -2.26. The predicted molar refractivity (Wildman–Crippen MR) is 67.6 cm³/mol. The highest BCUT2D eigenvalue weighted by molar-refractivity contribution is 5.85. The summed E-state index contributed by atoms with van der Waals surface area (Å²) in [5.41, 5.74) is 1.83. The summed E-state index contributed by atoms with van der Waals surface area (Å²) >= 11 is 0. The Morgan fingerprint density at radius 3 is 2.82 bits per heavy atom. The zero-order valence-corrected chi connectivity index (χ0v) is 10.3. The van der Waals surface area contributed by atoms with E-state index in [0.29, 0.717) is 5.69 Å². The molecule has 0 aromatic heterocycles. The first-order valence-electron chi connectivity index (χ1n) is 5.35. The van der Waals surface area contributed by atoms with Crippen LogP contribution >= 0.6 is 12.4 Å². The molecule has 1 aromatic rings. The quantitative estimate of drug-likeness (QED) is 0.611. The number of halogens is 1. The van der Waals surface area contributed by atoms with Crippen molar-refractivity contribution in [3.05, 3.63) is 29.8 Å². The van der Waals surface area contributed by atoms with Crippen LogP contribution in [0.4, 0.5) is 5.69 Å². The van der Waals surface area contributed by atoms with Gasteiger partial charge in [-0.1, -0.05) is 12.1 Å². The van der Waals surface area contributed by atoms with Crippen LogP contribution in [0.15, 0.2) is 29.3 Å². The number of hydrogen-bond acceptors (Lipinski definition) is 4. The molecule has 1 saturated heterocycles. The maximum absolute atomic E-state index is 10.2. The van der Waals surface area contributed by atoms with Crippen molar-refractivity contribution in [1.29, 1.82) is 0 Å². The molecule has 0 N–H and O–H groups in total. The third-order valence-corrected chi connectivity index (χ3v) is 2.60. The Labute approximate surface area is 107 Å². The summed E-state index contributed by atoms with van der Waals surface area (Å²) < 4.78 is 5.29. The second-order valence-corrected chi connectivity index (χ2v) is 3.76. The molecule has 0 saturated carbocycles. The minimum atomic E-state index is 0. The molecular weight excluding hydrogens is 240 g/mol. The van der Waals surface area contributed by atoms with Gasteiger partial charge in [0.15, 0.2) is 0 Å². The Morgan fingerprint density at radius 2 is 2.12 bits per heavy atom. The number of benzene rings is 1. The van der Waals surface area contributed by atoms with Crippen LogP contribution < -0.4 is 0 Å². The van der Waals surface area contributed by atoms with Gasteiger partial charge >= 0.3 is 0 Å². The fourth-order valence-corrected chi connectivity index (χ4v) is 1.79. The van der Waals surface area contributed by atoms with Crippen LogP contribution in [0.5, 0.6) is 0 Å². The maximum atomic E-state index is 10.2. The van der Waals surface area contributed by atoms with Gasteiger partial charge in [0, 0.05) is 19.6 Å². The number of isocyanates is 1. The SMILES string of the molecule is Cl.O=C=Nc1cccc(CN2CCOCC2)c1. The highest BCUT2D eigenvalue weighted by Gasteiger charge is 2.10. The zero-order chi connectivity index (χ0) is 11.2. The summed E-state index contributed by atoms with van der Waals surface area (Å²) in [4.78, 5) is 16.1. The van der Waals surface area contributed by atoms with Gasteiger partial charge in [-0.2, -0.15) is 4.99 Å². The third-order valence-electron chi connectivity index (χ3n) is 2.60. The van der Waals surface area contributed by atoms with Crippen LogP contribution in [0.25, 0.3) is 0 Å². The normalized spacial score (nSPS) is 15.8. The minimum Gasteiger partial charge on any atom is -0.379 e. The predicted octanol–water partition coefficient (Wildman–Crippen LogP) is 1.91. The van der Waals surface area contributed by atoms with Crippen molar-refractivity contribution >= 4 is 24.2 Å². The number of ether oxygens (including phenoxy) is 1. The Balaban J connectivity index is 0.00000144. The molecule has 0 spiro atoms. The van der Waals surface area contributed by atoms with Gasteiger partial charge in [-0.15, -0.1) is 12.4 Å². The fraction of sp³-hybridized carbons (Fsp3) is 0.417. The van der Waals surface area contributed by atoms with Crippen molar-refractivity contribution in [1.82, 2.24) is 4.90 Å². The van der Waals surface area contributed by atoms with Crippen LogP contribution in [-0.4, -0.2) is 37.3 Å². The molecule has 0 unspecified atom stereocenters.